The number of nitrogens with zero attached hydrogens (tertiary/aromatic N) is 2. The van der Waals surface area contributed by atoms with Gasteiger partial charge in [0, 0.05) is 26.1 Å². The van der Waals surface area contributed by atoms with Crippen molar-refractivity contribution < 1.29 is 38.2 Å². The van der Waals surface area contributed by atoms with Crippen molar-refractivity contribution in [1.82, 2.24) is 41.7 Å². The smallest absolute Gasteiger partial charge is 0.246 e. The van der Waals surface area contributed by atoms with Crippen LogP contribution in [-0.2, 0) is 51.1 Å². The number of likely N-dealkylation sites (N-methyl/N-ethyl adjacent to an activating group) is 2. The van der Waals surface area contributed by atoms with Gasteiger partial charge in [0.15, 0.2) is 0 Å². The molecule has 4 saturated heterocycles. The fourth-order valence-corrected chi connectivity index (χ4v) is 15.7. The predicted molar refractivity (Wildman–Crippen MR) is 299 cm³/mol. The number of nitrogens with one attached hydrogen (secondary N) is 6. The number of ether oxygens (including phenoxy) is 2. The van der Waals surface area contributed by atoms with Crippen LogP contribution in [0.5, 0.6) is 0 Å². The Labute approximate surface area is 460 Å². The van der Waals surface area contributed by atoms with Crippen molar-refractivity contribution in [3.05, 3.63) is 70.8 Å². The Morgan fingerprint density at radius 1 is 0.579 bits per heavy atom. The molecule has 18 heteroatoms. The topological polar surface area (TPSA) is 200 Å². The summed E-state index contributed by atoms with van der Waals surface area (Å²) in [7, 11) is 3.43. The molecule has 16 nitrogen and oxygen atoms in total. The zero-order chi connectivity index (χ0) is 54.3. The first-order valence-corrected chi connectivity index (χ1v) is 30.4. The van der Waals surface area contributed by atoms with E-state index in [9.17, 15) is 28.8 Å². The summed E-state index contributed by atoms with van der Waals surface area (Å²) >= 11 is 3.39. The minimum atomic E-state index is -0.683. The Morgan fingerprint density at radius 3 is 1.33 bits per heavy atom. The van der Waals surface area contributed by atoms with Crippen LogP contribution in [0, 0.1) is 10.8 Å². The first-order valence-electron chi connectivity index (χ1n) is 28.3. The molecule has 0 spiro atoms. The van der Waals surface area contributed by atoms with E-state index in [1.165, 1.54) is 11.1 Å². The number of hydrogen-bond donors (Lipinski definition) is 6. The van der Waals surface area contributed by atoms with E-state index in [2.05, 4.69) is 83.9 Å². The molecule has 12 atom stereocenters. The van der Waals surface area contributed by atoms with Gasteiger partial charge in [0.2, 0.25) is 35.4 Å². The molecule has 0 aromatic heterocycles. The summed E-state index contributed by atoms with van der Waals surface area (Å²) in [5.41, 5.74) is 3.53. The summed E-state index contributed by atoms with van der Waals surface area (Å²) < 4.78 is 13.2. The Kier molecular flexibility index (Phi) is 19.6. The summed E-state index contributed by atoms with van der Waals surface area (Å²) in [6, 6.07) is 12.2. The van der Waals surface area contributed by atoms with Crippen molar-refractivity contribution in [1.29, 1.82) is 0 Å². The van der Waals surface area contributed by atoms with E-state index in [-0.39, 0.29) is 70.5 Å². The summed E-state index contributed by atoms with van der Waals surface area (Å²) in [6.07, 6.45) is 11.9. The number of amides is 6. The fourth-order valence-electron chi connectivity index (χ4n) is 12.5. The van der Waals surface area contributed by atoms with Crippen LogP contribution < -0.4 is 31.9 Å². The molecule has 6 N–H and O–H groups in total. The minimum Gasteiger partial charge on any atom is -0.375 e. The first-order chi connectivity index (χ1) is 36.4. The number of carbonyl (C=O) groups is 6. The lowest BCUT2D eigenvalue weighted by Gasteiger charge is -2.35. The largest absolute Gasteiger partial charge is 0.375 e. The molecule has 4 heterocycles. The minimum absolute atomic E-state index is 0.138. The van der Waals surface area contributed by atoms with Gasteiger partial charge in [0.25, 0.3) is 0 Å². The van der Waals surface area contributed by atoms with Crippen LogP contribution in [0.3, 0.4) is 0 Å². The standard InChI is InChI=1S/C58H86N8O8S2/c1-35(59-7)51(67)61-41-25-29-75-45-33-57(3,4)49(65(45)55(41)71)53(69)63-47-39-23-17-15-21-37(39)31-43(47)73-27-19-13-11-9-10-12-14-20-28-74-44-32-38-22-16-18-24-40(38)48(44)64-54(70)50-58(5,6)34-46-66(50)56(72)42(26-30-76-46)62-52(68)36(2)60-8/h15-18,21-24,35-36,41-50,59-60H,9-14,19-20,25-34H2,1-8H3,(H,61,67)(H,62,68)(H,63,69)(H,64,70)/t35?,36?,41-,42-,43+,44+,45-,46-,47-,48-,49+,50+/m0/s1. The Morgan fingerprint density at radius 2 is 0.947 bits per heavy atom. The lowest BCUT2D eigenvalue weighted by molar-refractivity contribution is -0.144. The van der Waals surface area contributed by atoms with Crippen LogP contribution in [0.4, 0.5) is 0 Å². The SMILES string of the molecule is CNC(C)C(=O)N[C@H]1CCS[C@H]2CC(C)(C)[C@@H](C(=O)N[C@H]3c4ccccc4C[C@H]3OCCCCCCCCCCO[C@@H]3Cc4ccccc4[C@@H]3NC(=O)[C@H]3N4C(=O)[C@@H](NC(=O)C(C)NC)CCS[C@H]4CC3(C)C)N2C1=O. The molecular formula is C58H86N8O8S2. The summed E-state index contributed by atoms with van der Waals surface area (Å²) in [5.74, 6) is 0.244. The maximum atomic E-state index is 14.5. The van der Waals surface area contributed by atoms with Crippen molar-refractivity contribution in [2.24, 2.45) is 10.8 Å². The summed E-state index contributed by atoms with van der Waals surface area (Å²) in [6.45, 7) is 13.0. The van der Waals surface area contributed by atoms with E-state index in [1.807, 2.05) is 24.3 Å². The van der Waals surface area contributed by atoms with Crippen LogP contribution in [0.25, 0.3) is 0 Å². The number of hydrogen-bond acceptors (Lipinski definition) is 12. The van der Waals surface area contributed by atoms with E-state index in [1.54, 1.807) is 61.3 Å². The molecule has 2 unspecified atom stereocenters. The van der Waals surface area contributed by atoms with Crippen molar-refractivity contribution in [2.75, 3.05) is 38.8 Å². The van der Waals surface area contributed by atoms with Gasteiger partial charge in [0.1, 0.15) is 24.2 Å². The molecule has 2 aliphatic carbocycles. The van der Waals surface area contributed by atoms with Crippen molar-refractivity contribution in [3.63, 3.8) is 0 Å². The molecule has 6 amide bonds. The zero-order valence-corrected chi connectivity index (χ0v) is 47.9. The van der Waals surface area contributed by atoms with E-state index in [0.29, 0.717) is 51.7 Å². The Bertz CT molecular complexity index is 2230. The molecule has 0 saturated carbocycles. The van der Waals surface area contributed by atoms with E-state index < -0.39 is 47.1 Å². The van der Waals surface area contributed by atoms with Gasteiger partial charge in [-0.1, -0.05) is 115 Å². The van der Waals surface area contributed by atoms with Crippen LogP contribution in [0.2, 0.25) is 0 Å². The highest BCUT2D eigenvalue weighted by atomic mass is 32.2. The molecule has 2 aromatic rings. The van der Waals surface area contributed by atoms with Crippen LogP contribution in [0.15, 0.2) is 48.5 Å². The van der Waals surface area contributed by atoms with Gasteiger partial charge >= 0.3 is 0 Å². The van der Waals surface area contributed by atoms with Gasteiger partial charge in [-0.25, -0.2) is 0 Å². The maximum Gasteiger partial charge on any atom is 0.246 e. The van der Waals surface area contributed by atoms with Crippen LogP contribution >= 0.6 is 23.5 Å². The quantitative estimate of drug-likeness (QED) is 0.0704. The third kappa shape index (κ3) is 13.1. The van der Waals surface area contributed by atoms with Gasteiger partial charge in [0.05, 0.1) is 47.1 Å². The average molecular weight is 1090 g/mol. The molecule has 0 bridgehead atoms. The third-order valence-corrected chi connectivity index (χ3v) is 19.5. The average Bonchev–Trinajstić information content (AvgIpc) is 4.07. The summed E-state index contributed by atoms with van der Waals surface area (Å²) in [4.78, 5) is 86.7. The second kappa shape index (κ2) is 25.7. The molecule has 8 rings (SSSR count). The van der Waals surface area contributed by atoms with Crippen molar-refractivity contribution in [2.45, 2.75) is 203 Å². The molecule has 4 aliphatic heterocycles. The summed E-state index contributed by atoms with van der Waals surface area (Å²) in [5, 5.41) is 18.3. The number of fused-ring (bicyclic) bond motifs is 4. The van der Waals surface area contributed by atoms with Crippen molar-refractivity contribution >= 4 is 59.0 Å². The Hall–Kier alpha value is -4.20. The molecule has 6 aliphatic rings. The first kappa shape index (κ1) is 58.0. The number of benzene rings is 2. The van der Waals surface area contributed by atoms with Gasteiger partial charge in [-0.15, -0.1) is 23.5 Å². The predicted octanol–water partition coefficient (Wildman–Crippen LogP) is 6.07. The number of unbranched alkanes of at least 4 members (excludes halogenated alkanes) is 7. The second-order valence-corrected chi connectivity index (χ2v) is 26.0. The van der Waals surface area contributed by atoms with Gasteiger partial charge < -0.3 is 51.2 Å². The third-order valence-electron chi connectivity index (χ3n) is 17.0. The normalized spacial score (nSPS) is 29.1. The maximum absolute atomic E-state index is 14.5. The highest BCUT2D eigenvalue weighted by Crippen LogP contribution is 2.48. The molecular weight excluding hydrogens is 1000 g/mol. The van der Waals surface area contributed by atoms with Gasteiger partial charge in [-0.3, -0.25) is 28.8 Å². The van der Waals surface area contributed by atoms with Crippen LogP contribution in [0.1, 0.15) is 153 Å². The molecule has 2 aromatic carbocycles. The molecule has 4 fully saturated rings. The number of rotatable bonds is 23. The second-order valence-electron chi connectivity index (χ2n) is 23.5. The highest BCUT2D eigenvalue weighted by molar-refractivity contribution is 8.00. The fraction of sp³-hybridized carbons (Fsp3) is 0.690. The van der Waals surface area contributed by atoms with Gasteiger partial charge in [-0.2, -0.15) is 0 Å². The number of thioether (sulfide) groups is 2. The zero-order valence-electron chi connectivity index (χ0n) is 46.3. The molecule has 0 radical (unpaired) electrons. The lowest BCUT2D eigenvalue weighted by Crippen LogP contribution is -2.58. The van der Waals surface area contributed by atoms with E-state index in [4.69, 9.17) is 9.47 Å². The molecule has 418 valence electrons. The van der Waals surface area contributed by atoms with E-state index in [0.717, 1.165) is 74.0 Å². The van der Waals surface area contributed by atoms with Crippen LogP contribution in [-0.4, -0.2) is 143 Å². The molecule has 76 heavy (non-hydrogen) atoms. The van der Waals surface area contributed by atoms with E-state index >= 15 is 0 Å². The monoisotopic (exact) mass is 1090 g/mol. The lowest BCUT2D eigenvalue weighted by atomic mass is 9.83. The van der Waals surface area contributed by atoms with Crippen molar-refractivity contribution in [3.8, 4) is 0 Å². The van der Waals surface area contributed by atoms with Gasteiger partial charge in [-0.05, 0) is 111 Å². The Balaban J connectivity index is 0.762. The number of carbonyl (C=O) groups excluding carboxylic acids is 6. The highest BCUT2D eigenvalue weighted by Gasteiger charge is 2.57.